The molecule has 1 saturated heterocycles. The first-order chi connectivity index (χ1) is 8.70. The fourth-order valence-electron chi connectivity index (χ4n) is 1.91. The van der Waals surface area contributed by atoms with Crippen LogP contribution >= 0.6 is 11.6 Å². The van der Waals surface area contributed by atoms with E-state index in [1.807, 2.05) is 7.05 Å². The third-order valence-electron chi connectivity index (χ3n) is 2.88. The third-order valence-corrected chi connectivity index (χ3v) is 3.18. The first-order valence-corrected chi connectivity index (χ1v) is 6.25. The zero-order chi connectivity index (χ0) is 13.0. The Bertz CT molecular complexity index is 425. The van der Waals surface area contributed by atoms with E-state index in [1.165, 1.54) is 0 Å². The van der Waals surface area contributed by atoms with Gasteiger partial charge in [0.2, 0.25) is 0 Å². The van der Waals surface area contributed by atoms with Crippen LogP contribution in [-0.4, -0.2) is 50.6 Å². The topological polar surface area (TPSA) is 38.8 Å². The van der Waals surface area contributed by atoms with Crippen LogP contribution in [0, 0.1) is 0 Å². The molecule has 0 saturated carbocycles. The van der Waals surface area contributed by atoms with Crippen molar-refractivity contribution < 1.29 is 14.3 Å². The molecule has 1 fully saturated rings. The maximum absolute atomic E-state index is 10.9. The zero-order valence-corrected chi connectivity index (χ0v) is 11.0. The van der Waals surface area contributed by atoms with Gasteiger partial charge in [0, 0.05) is 13.1 Å². The monoisotopic (exact) mass is 269 g/mol. The lowest BCUT2D eigenvalue weighted by molar-refractivity contribution is -0.0403. The van der Waals surface area contributed by atoms with Crippen LogP contribution < -0.4 is 4.74 Å². The van der Waals surface area contributed by atoms with Crippen molar-refractivity contribution in [1.82, 2.24) is 4.90 Å². The summed E-state index contributed by atoms with van der Waals surface area (Å²) in [5.74, 6) is 0.436. The Hall–Kier alpha value is -1.10. The predicted molar refractivity (Wildman–Crippen MR) is 69.6 cm³/mol. The SMILES string of the molecule is CN1CCOC(COc2c(Cl)cccc2C=O)C1. The maximum Gasteiger partial charge on any atom is 0.153 e. The lowest BCUT2D eigenvalue weighted by Crippen LogP contribution is -2.42. The number of carbonyl (C=O) groups is 1. The summed E-state index contributed by atoms with van der Waals surface area (Å²) in [5, 5.41) is 0.448. The lowest BCUT2D eigenvalue weighted by Gasteiger charge is -2.30. The molecule has 5 heteroatoms. The van der Waals surface area contributed by atoms with Crippen LogP contribution in [0.4, 0.5) is 0 Å². The largest absolute Gasteiger partial charge is 0.489 e. The van der Waals surface area contributed by atoms with E-state index in [0.717, 1.165) is 19.4 Å². The number of ether oxygens (including phenoxy) is 2. The van der Waals surface area contributed by atoms with Crippen molar-refractivity contribution in [3.63, 3.8) is 0 Å². The molecule has 4 nitrogen and oxygen atoms in total. The fraction of sp³-hybridized carbons (Fsp3) is 0.462. The van der Waals surface area contributed by atoms with E-state index in [2.05, 4.69) is 4.90 Å². The number of rotatable bonds is 4. The quantitative estimate of drug-likeness (QED) is 0.782. The van der Waals surface area contributed by atoms with Crippen molar-refractivity contribution in [3.8, 4) is 5.75 Å². The van der Waals surface area contributed by atoms with Crippen LogP contribution in [0.3, 0.4) is 0 Å². The average molecular weight is 270 g/mol. The molecule has 1 aliphatic rings. The third kappa shape index (κ3) is 3.22. The van der Waals surface area contributed by atoms with E-state index in [4.69, 9.17) is 21.1 Å². The summed E-state index contributed by atoms with van der Waals surface area (Å²) >= 11 is 6.02. The zero-order valence-electron chi connectivity index (χ0n) is 10.3. The van der Waals surface area contributed by atoms with E-state index < -0.39 is 0 Å². The molecular formula is C13H16ClNO3. The van der Waals surface area contributed by atoms with Gasteiger partial charge in [-0.3, -0.25) is 4.79 Å². The highest BCUT2D eigenvalue weighted by atomic mass is 35.5. The second-order valence-electron chi connectivity index (χ2n) is 4.34. The van der Waals surface area contributed by atoms with Crippen LogP contribution in [0.5, 0.6) is 5.75 Å². The molecule has 98 valence electrons. The summed E-state index contributed by atoms with van der Waals surface area (Å²) in [4.78, 5) is 13.1. The van der Waals surface area contributed by atoms with E-state index in [9.17, 15) is 4.79 Å². The highest BCUT2D eigenvalue weighted by Crippen LogP contribution is 2.27. The number of benzene rings is 1. The van der Waals surface area contributed by atoms with Gasteiger partial charge >= 0.3 is 0 Å². The van der Waals surface area contributed by atoms with Gasteiger partial charge in [-0.2, -0.15) is 0 Å². The van der Waals surface area contributed by atoms with Crippen LogP contribution in [-0.2, 0) is 4.74 Å². The number of para-hydroxylation sites is 1. The van der Waals surface area contributed by atoms with Crippen molar-refractivity contribution in [2.45, 2.75) is 6.10 Å². The second-order valence-corrected chi connectivity index (χ2v) is 4.75. The summed E-state index contributed by atoms with van der Waals surface area (Å²) in [5.41, 5.74) is 0.465. The minimum absolute atomic E-state index is 0.0134. The van der Waals surface area contributed by atoms with Crippen LogP contribution in [0.15, 0.2) is 18.2 Å². The van der Waals surface area contributed by atoms with Gasteiger partial charge in [0.05, 0.1) is 17.2 Å². The van der Waals surface area contributed by atoms with E-state index in [0.29, 0.717) is 29.5 Å². The second kappa shape index (κ2) is 6.18. The van der Waals surface area contributed by atoms with Crippen LogP contribution in [0.25, 0.3) is 0 Å². The van der Waals surface area contributed by atoms with Gasteiger partial charge in [0.1, 0.15) is 18.5 Å². The van der Waals surface area contributed by atoms with Crippen molar-refractivity contribution in [2.75, 3.05) is 33.4 Å². The van der Waals surface area contributed by atoms with Gasteiger partial charge in [-0.25, -0.2) is 0 Å². The molecule has 0 radical (unpaired) electrons. The molecule has 1 heterocycles. The number of hydrogen-bond donors (Lipinski definition) is 0. The van der Waals surface area contributed by atoms with Gasteiger partial charge in [-0.1, -0.05) is 17.7 Å². The number of halogens is 1. The molecule has 1 unspecified atom stereocenters. The standard InChI is InChI=1S/C13H16ClNO3/c1-15-5-6-17-11(7-15)9-18-13-10(8-16)3-2-4-12(13)14/h2-4,8,11H,5-7,9H2,1H3. The summed E-state index contributed by atoms with van der Waals surface area (Å²) < 4.78 is 11.2. The van der Waals surface area contributed by atoms with Crippen molar-refractivity contribution >= 4 is 17.9 Å². The number of nitrogens with zero attached hydrogens (tertiary/aromatic N) is 1. The van der Waals surface area contributed by atoms with Gasteiger partial charge < -0.3 is 14.4 Å². The molecule has 0 amide bonds. The average Bonchev–Trinajstić information content (AvgIpc) is 2.37. The Labute approximate surface area is 111 Å². The Morgan fingerprint density at radius 1 is 1.61 bits per heavy atom. The molecule has 0 aromatic heterocycles. The highest BCUT2D eigenvalue weighted by molar-refractivity contribution is 6.32. The minimum Gasteiger partial charge on any atom is -0.489 e. The van der Waals surface area contributed by atoms with Crippen molar-refractivity contribution in [2.24, 2.45) is 0 Å². The summed E-state index contributed by atoms with van der Waals surface area (Å²) in [6, 6.07) is 5.11. The smallest absolute Gasteiger partial charge is 0.153 e. The van der Waals surface area contributed by atoms with Gasteiger partial charge in [-0.15, -0.1) is 0 Å². The van der Waals surface area contributed by atoms with Gasteiger partial charge in [-0.05, 0) is 19.2 Å². The van der Waals surface area contributed by atoms with Crippen molar-refractivity contribution in [1.29, 1.82) is 0 Å². The van der Waals surface area contributed by atoms with E-state index >= 15 is 0 Å². The Balaban J connectivity index is 1.99. The number of carbonyl (C=O) groups excluding carboxylic acids is 1. The summed E-state index contributed by atoms with van der Waals surface area (Å²) in [7, 11) is 2.04. The molecule has 2 rings (SSSR count). The number of likely N-dealkylation sites (N-methyl/N-ethyl adjacent to an activating group) is 1. The summed E-state index contributed by atoms with van der Waals surface area (Å²) in [6.07, 6.45) is 0.759. The Morgan fingerprint density at radius 2 is 2.44 bits per heavy atom. The van der Waals surface area contributed by atoms with Gasteiger partial charge in [0.15, 0.2) is 6.29 Å². The molecule has 0 spiro atoms. The lowest BCUT2D eigenvalue weighted by atomic mass is 10.2. The van der Waals surface area contributed by atoms with Crippen LogP contribution in [0.2, 0.25) is 5.02 Å². The molecule has 1 aliphatic heterocycles. The Morgan fingerprint density at radius 3 is 3.17 bits per heavy atom. The number of morpholine rings is 1. The molecule has 1 aromatic rings. The molecule has 18 heavy (non-hydrogen) atoms. The molecule has 0 N–H and O–H groups in total. The van der Waals surface area contributed by atoms with E-state index in [-0.39, 0.29) is 6.10 Å². The van der Waals surface area contributed by atoms with E-state index in [1.54, 1.807) is 18.2 Å². The van der Waals surface area contributed by atoms with Crippen LogP contribution in [0.1, 0.15) is 10.4 Å². The summed E-state index contributed by atoms with van der Waals surface area (Å²) in [6.45, 7) is 2.85. The van der Waals surface area contributed by atoms with Gasteiger partial charge in [0.25, 0.3) is 0 Å². The number of hydrogen-bond acceptors (Lipinski definition) is 4. The molecule has 0 aliphatic carbocycles. The Kier molecular flexibility index (Phi) is 4.58. The fourth-order valence-corrected chi connectivity index (χ4v) is 2.15. The highest BCUT2D eigenvalue weighted by Gasteiger charge is 2.19. The molecule has 1 aromatic carbocycles. The number of aldehydes is 1. The first kappa shape index (κ1) is 13.3. The molecule has 1 atom stereocenters. The van der Waals surface area contributed by atoms with Crippen molar-refractivity contribution in [3.05, 3.63) is 28.8 Å². The first-order valence-electron chi connectivity index (χ1n) is 5.87. The molecular weight excluding hydrogens is 254 g/mol. The normalized spacial score (nSPS) is 20.7. The minimum atomic E-state index is 0.0134. The molecule has 0 bridgehead atoms. The predicted octanol–water partition coefficient (Wildman–Crippen LogP) is 1.86. The maximum atomic E-state index is 10.9.